The Hall–Kier alpha value is -1.41. The van der Waals surface area contributed by atoms with Crippen LogP contribution in [-0.2, 0) is 49.7 Å². The molecule has 0 bridgehead atoms. The van der Waals surface area contributed by atoms with Crippen LogP contribution < -0.4 is 0 Å². The molecule has 0 spiro atoms. The maximum Gasteiger partial charge on any atom is 0.342 e. The molecule has 0 radical (unpaired) electrons. The van der Waals surface area contributed by atoms with Crippen molar-refractivity contribution in [1.29, 1.82) is 0 Å². The van der Waals surface area contributed by atoms with E-state index in [0.717, 1.165) is 57.8 Å². The first kappa shape index (κ1) is 40.7. The van der Waals surface area contributed by atoms with E-state index in [1.807, 2.05) is 0 Å². The van der Waals surface area contributed by atoms with Gasteiger partial charge >= 0.3 is 11.9 Å². The molecular weight excluding hydrogens is 600 g/mol. The van der Waals surface area contributed by atoms with Gasteiger partial charge in [-0.1, -0.05) is 70.6 Å². The summed E-state index contributed by atoms with van der Waals surface area (Å²) < 4.78 is 90.4. The Morgan fingerprint density at radius 1 is 0.525 bits per heavy atom. The molecule has 0 saturated heterocycles. The average Bonchev–Trinajstić information content (AvgIpc) is 2.84. The number of hydrogen-bond acceptors (Lipinski definition) is 12. The largest absolute Gasteiger partial charge is 0.342 e. The Bertz CT molecular complexity index is 992. The van der Waals surface area contributed by atoms with Crippen molar-refractivity contribution >= 4 is 42.3 Å². The van der Waals surface area contributed by atoms with E-state index in [1.165, 1.54) is 0 Å². The SMILES string of the molecule is O=C(CCCCCCCCC(CS(=O)(=O)O)S(=O)(=O)O)OO.O=C(CCCCCCCCCCS(=O)(=O)O)OO. The lowest BCUT2D eigenvalue weighted by atomic mass is 10.1. The number of unbranched alkanes of at least 4 members (excludes halogenated alkanes) is 12. The van der Waals surface area contributed by atoms with Crippen LogP contribution in [0.5, 0.6) is 0 Å². The highest BCUT2D eigenvalue weighted by atomic mass is 32.2. The van der Waals surface area contributed by atoms with Crippen molar-refractivity contribution in [3.05, 3.63) is 0 Å². The molecule has 5 N–H and O–H groups in total. The van der Waals surface area contributed by atoms with Crippen LogP contribution in [0.25, 0.3) is 0 Å². The van der Waals surface area contributed by atoms with Crippen molar-refractivity contribution in [3.8, 4) is 0 Å². The van der Waals surface area contributed by atoms with E-state index >= 15 is 0 Å². The molecule has 0 fully saturated rings. The van der Waals surface area contributed by atoms with Crippen molar-refractivity contribution in [1.82, 2.24) is 0 Å². The van der Waals surface area contributed by atoms with Crippen molar-refractivity contribution in [3.63, 3.8) is 0 Å². The molecule has 0 aliphatic carbocycles. The van der Waals surface area contributed by atoms with Gasteiger partial charge in [0.05, 0.1) is 11.5 Å². The molecule has 15 nitrogen and oxygen atoms in total. The fourth-order valence-electron chi connectivity index (χ4n) is 3.61. The molecule has 1 atom stereocenters. The first-order valence-electron chi connectivity index (χ1n) is 13.1. The summed E-state index contributed by atoms with van der Waals surface area (Å²) in [6.45, 7) is 0. The predicted octanol–water partition coefficient (Wildman–Crippen LogP) is 3.67. The number of hydrogen-bond donors (Lipinski definition) is 5. The fourth-order valence-corrected chi connectivity index (χ4v) is 6.48. The van der Waals surface area contributed by atoms with Gasteiger partial charge in [0.15, 0.2) is 0 Å². The summed E-state index contributed by atoms with van der Waals surface area (Å²) in [5, 5.41) is 14.5. The number of carbonyl (C=O) groups is 2. The van der Waals surface area contributed by atoms with Crippen molar-refractivity contribution in [2.75, 3.05) is 11.5 Å². The molecule has 18 heteroatoms. The lowest BCUT2D eigenvalue weighted by Crippen LogP contribution is -2.29. The van der Waals surface area contributed by atoms with Crippen LogP contribution in [0.3, 0.4) is 0 Å². The molecule has 0 rings (SSSR count). The molecule has 0 amide bonds. The summed E-state index contributed by atoms with van der Waals surface area (Å²) in [7, 11) is -12.8. The molecule has 0 saturated carbocycles. The molecule has 0 aromatic carbocycles. The van der Waals surface area contributed by atoms with Crippen LogP contribution in [0.1, 0.15) is 109 Å². The fraction of sp³-hybridized carbons (Fsp3) is 0.909. The van der Waals surface area contributed by atoms with Gasteiger partial charge in [-0.15, -0.1) is 0 Å². The lowest BCUT2D eigenvalue weighted by Gasteiger charge is -2.11. The Balaban J connectivity index is 0. The molecule has 1 unspecified atom stereocenters. The van der Waals surface area contributed by atoms with E-state index in [1.54, 1.807) is 0 Å². The first-order valence-corrected chi connectivity index (χ1v) is 17.8. The first-order chi connectivity index (χ1) is 18.5. The lowest BCUT2D eigenvalue weighted by molar-refractivity contribution is -0.234. The van der Waals surface area contributed by atoms with E-state index in [9.17, 15) is 34.8 Å². The van der Waals surface area contributed by atoms with Crippen LogP contribution in [-0.4, -0.2) is 78.1 Å². The second-order valence-electron chi connectivity index (χ2n) is 9.34. The van der Waals surface area contributed by atoms with Gasteiger partial charge in [-0.3, -0.25) is 13.7 Å². The third kappa shape index (κ3) is 31.1. The second-order valence-corrected chi connectivity index (χ2v) is 14.1. The summed E-state index contributed by atoms with van der Waals surface area (Å²) in [6.07, 6.45) is 11.1. The minimum atomic E-state index is -4.53. The third-order valence-electron chi connectivity index (χ3n) is 5.71. The zero-order chi connectivity index (χ0) is 31.1. The summed E-state index contributed by atoms with van der Waals surface area (Å²) >= 11 is 0. The van der Waals surface area contributed by atoms with Crippen molar-refractivity contribution in [2.24, 2.45) is 0 Å². The van der Waals surface area contributed by atoms with E-state index < -0.39 is 53.3 Å². The summed E-state index contributed by atoms with van der Waals surface area (Å²) in [4.78, 5) is 28.2. The summed E-state index contributed by atoms with van der Waals surface area (Å²) in [6, 6.07) is 0. The van der Waals surface area contributed by atoms with Crippen LogP contribution in [0, 0.1) is 0 Å². The Labute approximate surface area is 236 Å². The Kier molecular flexibility index (Phi) is 23.6. The topological polar surface area (TPSA) is 256 Å². The maximum absolute atomic E-state index is 11.0. The molecule has 240 valence electrons. The molecule has 0 heterocycles. The van der Waals surface area contributed by atoms with Crippen LogP contribution in [0.4, 0.5) is 0 Å². The minimum Gasteiger partial charge on any atom is -0.301 e. The van der Waals surface area contributed by atoms with Crippen molar-refractivity contribution in [2.45, 2.75) is 114 Å². The normalized spacial score (nSPS) is 12.7. The van der Waals surface area contributed by atoms with E-state index in [0.29, 0.717) is 32.1 Å². The number of rotatable bonds is 23. The van der Waals surface area contributed by atoms with E-state index in [4.69, 9.17) is 24.2 Å². The summed E-state index contributed by atoms with van der Waals surface area (Å²) in [5.74, 6) is -2.47. The van der Waals surface area contributed by atoms with E-state index in [2.05, 4.69) is 9.78 Å². The molecule has 0 aromatic heterocycles. The quantitative estimate of drug-likeness (QED) is 0.0460. The summed E-state index contributed by atoms with van der Waals surface area (Å²) in [5.41, 5.74) is 0. The molecule has 0 aromatic rings. The van der Waals surface area contributed by atoms with Gasteiger partial charge in [0.2, 0.25) is 0 Å². The van der Waals surface area contributed by atoms with Crippen LogP contribution >= 0.6 is 0 Å². The maximum atomic E-state index is 11.0. The number of carbonyl (C=O) groups excluding carboxylic acids is 2. The zero-order valence-electron chi connectivity index (χ0n) is 22.6. The van der Waals surface area contributed by atoms with Gasteiger partial charge in [-0.2, -0.15) is 35.8 Å². The van der Waals surface area contributed by atoms with Crippen LogP contribution in [0.2, 0.25) is 0 Å². The smallest absolute Gasteiger partial charge is 0.301 e. The van der Waals surface area contributed by atoms with Gasteiger partial charge in [0.1, 0.15) is 5.25 Å². The van der Waals surface area contributed by atoms with E-state index in [-0.39, 0.29) is 25.0 Å². The zero-order valence-corrected chi connectivity index (χ0v) is 25.0. The predicted molar refractivity (Wildman–Crippen MR) is 144 cm³/mol. The van der Waals surface area contributed by atoms with Crippen LogP contribution in [0.15, 0.2) is 0 Å². The minimum absolute atomic E-state index is 0.0601. The monoisotopic (exact) mass is 644 g/mol. The molecular formula is C22H44O15S3. The highest BCUT2D eigenvalue weighted by Gasteiger charge is 2.27. The van der Waals surface area contributed by atoms with Gasteiger partial charge < -0.3 is 9.78 Å². The highest BCUT2D eigenvalue weighted by Crippen LogP contribution is 2.15. The van der Waals surface area contributed by atoms with Gasteiger partial charge in [0, 0.05) is 12.8 Å². The van der Waals surface area contributed by atoms with Crippen molar-refractivity contribution < 1.29 is 68.8 Å². The van der Waals surface area contributed by atoms with Gasteiger partial charge in [0.25, 0.3) is 30.4 Å². The van der Waals surface area contributed by atoms with Gasteiger partial charge in [-0.05, 0) is 25.7 Å². The second kappa shape index (κ2) is 23.2. The highest BCUT2D eigenvalue weighted by molar-refractivity contribution is 7.90. The Morgan fingerprint density at radius 3 is 1.20 bits per heavy atom. The third-order valence-corrected chi connectivity index (χ3v) is 8.80. The molecule has 0 aliphatic rings. The molecule has 0 aliphatic heterocycles. The van der Waals surface area contributed by atoms with Gasteiger partial charge in [-0.25, -0.2) is 9.59 Å². The molecule has 40 heavy (non-hydrogen) atoms. The standard InChI is InChI=1S/C11H22O9S2.C11H22O6S/c12-11(20-13)8-6-4-2-1-3-5-7-10(22(17,18)19)9-21(14,15)16;12-11(17-13)9-7-5-3-1-2-4-6-8-10-18(14,15)16/h10,13H,1-9H2,(H,14,15,16)(H,17,18,19);13H,1-10H2,(H,14,15,16). The Morgan fingerprint density at radius 2 is 0.875 bits per heavy atom. The average molecular weight is 645 g/mol.